The highest BCUT2D eigenvalue weighted by molar-refractivity contribution is 9.11. The molecule has 1 unspecified atom stereocenters. The van der Waals surface area contributed by atoms with Crippen LogP contribution in [0.3, 0.4) is 0 Å². The molecule has 0 aliphatic rings. The fraction of sp³-hybridized carbons (Fsp3) is 0.357. The normalized spacial score (nSPS) is 12.6. The zero-order valence-corrected chi connectivity index (χ0v) is 13.0. The van der Waals surface area contributed by atoms with Crippen LogP contribution in [0, 0.1) is 6.92 Å². The van der Waals surface area contributed by atoms with E-state index in [1.54, 1.807) is 11.3 Å². The van der Waals surface area contributed by atoms with Gasteiger partial charge in [-0.2, -0.15) is 0 Å². The van der Waals surface area contributed by atoms with Gasteiger partial charge in [0.15, 0.2) is 0 Å². The Morgan fingerprint density at radius 3 is 2.72 bits per heavy atom. The lowest BCUT2D eigenvalue weighted by molar-refractivity contribution is 0.551. The van der Waals surface area contributed by atoms with Crippen LogP contribution in [-0.2, 0) is 6.42 Å². The molecule has 0 saturated heterocycles. The molecule has 2 nitrogen and oxygen atoms in total. The largest absolute Gasteiger partial charge is 0.310 e. The molecule has 0 radical (unpaired) electrons. The second-order valence-electron chi connectivity index (χ2n) is 4.25. The Morgan fingerprint density at radius 1 is 1.33 bits per heavy atom. The molecule has 96 valence electrons. The molecule has 1 N–H and O–H groups in total. The molecule has 0 aromatic carbocycles. The lowest BCUT2D eigenvalue weighted by atomic mass is 10.0. The second-order valence-corrected chi connectivity index (χ2v) is 6.80. The summed E-state index contributed by atoms with van der Waals surface area (Å²) in [4.78, 5) is 5.77. The molecule has 0 spiro atoms. The molecule has 0 aliphatic carbocycles. The zero-order chi connectivity index (χ0) is 13.0. The highest BCUT2D eigenvalue weighted by atomic mass is 79.9. The lowest BCUT2D eigenvalue weighted by Crippen LogP contribution is -2.22. The summed E-state index contributed by atoms with van der Waals surface area (Å²) < 4.78 is 1.19. The molecular formula is C14H17BrN2S. The first-order valence-electron chi connectivity index (χ1n) is 6.09. The van der Waals surface area contributed by atoms with Crippen LogP contribution in [0.2, 0.25) is 0 Å². The number of aryl methyl sites for hydroxylation is 1. The van der Waals surface area contributed by atoms with Gasteiger partial charge in [0.1, 0.15) is 0 Å². The Kier molecular flexibility index (Phi) is 4.92. The van der Waals surface area contributed by atoms with Crippen molar-refractivity contribution in [3.05, 3.63) is 50.4 Å². The van der Waals surface area contributed by atoms with Gasteiger partial charge in [-0.3, -0.25) is 4.98 Å². The van der Waals surface area contributed by atoms with E-state index in [1.807, 2.05) is 13.1 Å². The topological polar surface area (TPSA) is 24.9 Å². The van der Waals surface area contributed by atoms with Crippen LogP contribution in [-0.4, -0.2) is 11.5 Å². The van der Waals surface area contributed by atoms with E-state index in [0.717, 1.165) is 18.7 Å². The smallest absolute Gasteiger partial charge is 0.0701 e. The number of nitrogens with zero attached hydrogens (tertiary/aromatic N) is 1. The van der Waals surface area contributed by atoms with Gasteiger partial charge in [0, 0.05) is 29.2 Å². The van der Waals surface area contributed by atoms with Crippen molar-refractivity contribution < 1.29 is 0 Å². The highest BCUT2D eigenvalue weighted by Crippen LogP contribution is 2.26. The average molecular weight is 325 g/mol. The van der Waals surface area contributed by atoms with Crippen LogP contribution in [0.5, 0.6) is 0 Å². The van der Waals surface area contributed by atoms with E-state index < -0.39 is 0 Å². The monoisotopic (exact) mass is 324 g/mol. The minimum Gasteiger partial charge on any atom is -0.310 e. The zero-order valence-electron chi connectivity index (χ0n) is 10.6. The second kappa shape index (κ2) is 6.45. The number of nitrogens with one attached hydrogen (secondary N) is 1. The Morgan fingerprint density at radius 2 is 2.17 bits per heavy atom. The number of rotatable bonds is 5. The average Bonchev–Trinajstić information content (AvgIpc) is 2.75. The summed E-state index contributed by atoms with van der Waals surface area (Å²) >= 11 is 5.31. The molecule has 2 aromatic heterocycles. The van der Waals surface area contributed by atoms with E-state index >= 15 is 0 Å². The minimum absolute atomic E-state index is 0.341. The quantitative estimate of drug-likeness (QED) is 0.895. The third-order valence-corrected chi connectivity index (χ3v) is 4.47. The van der Waals surface area contributed by atoms with E-state index in [2.05, 4.69) is 57.4 Å². The third kappa shape index (κ3) is 3.64. The maximum Gasteiger partial charge on any atom is 0.0701 e. The Bertz CT molecular complexity index is 493. The van der Waals surface area contributed by atoms with Gasteiger partial charge in [0.25, 0.3) is 0 Å². The summed E-state index contributed by atoms with van der Waals surface area (Å²) in [5, 5.41) is 3.53. The molecule has 2 aromatic rings. The van der Waals surface area contributed by atoms with Gasteiger partial charge in [-0.15, -0.1) is 11.3 Å². The predicted molar refractivity (Wildman–Crippen MR) is 81.1 cm³/mol. The first-order valence-corrected chi connectivity index (χ1v) is 7.70. The number of halogens is 1. The number of likely N-dealkylation sites (N-methyl/N-ethyl adjacent to an activating group) is 1. The fourth-order valence-corrected chi connectivity index (χ4v) is 3.43. The maximum absolute atomic E-state index is 4.38. The standard InChI is InChI=1S/C14H17BrN2S/c1-3-16-13(8-12-6-7-14(15)18-12)11-5-4-10(2)17-9-11/h4-7,9,13,16H,3,8H2,1-2H3. The van der Waals surface area contributed by atoms with Gasteiger partial charge in [0.05, 0.1) is 3.79 Å². The molecule has 0 aliphatic heterocycles. The fourth-order valence-electron chi connectivity index (χ4n) is 1.90. The van der Waals surface area contributed by atoms with Crippen molar-refractivity contribution in [3.63, 3.8) is 0 Å². The maximum atomic E-state index is 4.38. The summed E-state index contributed by atoms with van der Waals surface area (Å²) in [5.74, 6) is 0. The molecule has 0 saturated carbocycles. The van der Waals surface area contributed by atoms with Crippen LogP contribution >= 0.6 is 27.3 Å². The van der Waals surface area contributed by atoms with Crippen LogP contribution in [0.1, 0.15) is 29.1 Å². The summed E-state index contributed by atoms with van der Waals surface area (Å²) in [6.07, 6.45) is 2.99. The van der Waals surface area contributed by atoms with E-state index in [1.165, 1.54) is 14.2 Å². The van der Waals surface area contributed by atoms with Gasteiger partial charge in [0.2, 0.25) is 0 Å². The molecular weight excluding hydrogens is 308 g/mol. The Balaban J connectivity index is 2.14. The van der Waals surface area contributed by atoms with Gasteiger partial charge in [-0.25, -0.2) is 0 Å². The summed E-state index contributed by atoms with van der Waals surface area (Å²) in [6, 6.07) is 8.87. The van der Waals surface area contributed by atoms with Crippen molar-refractivity contribution in [2.45, 2.75) is 26.3 Å². The molecule has 1 atom stereocenters. The number of aromatic nitrogens is 1. The number of pyridine rings is 1. The molecule has 2 heterocycles. The van der Waals surface area contributed by atoms with Crippen molar-refractivity contribution in [3.8, 4) is 0 Å². The van der Waals surface area contributed by atoms with Crippen molar-refractivity contribution in [2.75, 3.05) is 6.54 Å². The van der Waals surface area contributed by atoms with Crippen molar-refractivity contribution >= 4 is 27.3 Å². The lowest BCUT2D eigenvalue weighted by Gasteiger charge is -2.17. The molecule has 2 rings (SSSR count). The van der Waals surface area contributed by atoms with E-state index in [0.29, 0.717) is 6.04 Å². The SMILES string of the molecule is CCNC(Cc1ccc(Br)s1)c1ccc(C)nc1. The van der Waals surface area contributed by atoms with E-state index in [9.17, 15) is 0 Å². The van der Waals surface area contributed by atoms with Gasteiger partial charge >= 0.3 is 0 Å². The first-order chi connectivity index (χ1) is 8.69. The van der Waals surface area contributed by atoms with E-state index in [-0.39, 0.29) is 0 Å². The van der Waals surface area contributed by atoms with Crippen molar-refractivity contribution in [1.29, 1.82) is 0 Å². The van der Waals surface area contributed by atoms with Crippen LogP contribution in [0.15, 0.2) is 34.2 Å². The van der Waals surface area contributed by atoms with Gasteiger partial charge in [-0.05, 0) is 53.2 Å². The third-order valence-electron chi connectivity index (χ3n) is 2.82. The predicted octanol–water partition coefficient (Wildman–Crippen LogP) is 4.11. The number of thiophene rings is 1. The molecule has 4 heteroatoms. The molecule has 0 bridgehead atoms. The minimum atomic E-state index is 0.341. The first kappa shape index (κ1) is 13.7. The Hall–Kier alpha value is -0.710. The molecule has 0 amide bonds. The Labute approximate surface area is 121 Å². The van der Waals surface area contributed by atoms with Crippen molar-refractivity contribution in [2.24, 2.45) is 0 Å². The number of hydrogen-bond donors (Lipinski definition) is 1. The van der Waals surface area contributed by atoms with E-state index in [4.69, 9.17) is 0 Å². The van der Waals surface area contributed by atoms with Gasteiger partial charge in [-0.1, -0.05) is 13.0 Å². The van der Waals surface area contributed by atoms with Crippen LogP contribution < -0.4 is 5.32 Å². The summed E-state index contributed by atoms with van der Waals surface area (Å²) in [7, 11) is 0. The molecule has 18 heavy (non-hydrogen) atoms. The van der Waals surface area contributed by atoms with Gasteiger partial charge < -0.3 is 5.32 Å². The van der Waals surface area contributed by atoms with Crippen LogP contribution in [0.4, 0.5) is 0 Å². The summed E-state index contributed by atoms with van der Waals surface area (Å²) in [5.41, 5.74) is 2.32. The highest BCUT2D eigenvalue weighted by Gasteiger charge is 2.12. The summed E-state index contributed by atoms with van der Waals surface area (Å²) in [6.45, 7) is 5.12. The van der Waals surface area contributed by atoms with Crippen LogP contribution in [0.25, 0.3) is 0 Å². The molecule has 0 fully saturated rings. The van der Waals surface area contributed by atoms with Crippen molar-refractivity contribution in [1.82, 2.24) is 10.3 Å². The number of hydrogen-bond acceptors (Lipinski definition) is 3.